The number of aliphatic hydroxyl groups is 5. The maximum absolute atomic E-state index is 12.6. The summed E-state index contributed by atoms with van der Waals surface area (Å²) in [6, 6.07) is 1.31. The molecule has 26 heteroatoms. The zero-order chi connectivity index (χ0) is 38.6. The number of rotatable bonds is 13. The second kappa shape index (κ2) is 14.7. The number of carbonyl (C=O) groups is 2. The number of imide groups is 1. The summed E-state index contributed by atoms with van der Waals surface area (Å²) in [4.78, 5) is 61.8. The van der Waals surface area contributed by atoms with Crippen LogP contribution in [0.3, 0.4) is 0 Å². The van der Waals surface area contributed by atoms with E-state index in [9.17, 15) is 54.0 Å². The molecule has 288 valence electrons. The van der Waals surface area contributed by atoms with Gasteiger partial charge in [0.25, 0.3) is 5.91 Å². The summed E-state index contributed by atoms with van der Waals surface area (Å²) in [5, 5.41) is 58.1. The van der Waals surface area contributed by atoms with E-state index < -0.39 is 96.2 Å². The first-order valence-corrected chi connectivity index (χ1v) is 18.6. The number of amidine groups is 1. The molecule has 10 atom stereocenters. The third kappa shape index (κ3) is 7.95. The van der Waals surface area contributed by atoms with Crippen molar-refractivity contribution < 1.29 is 72.1 Å². The number of nitrogen functional groups attached to an aromatic ring is 1. The van der Waals surface area contributed by atoms with Gasteiger partial charge in [0.15, 0.2) is 23.7 Å². The quantitative estimate of drug-likeness (QED) is 0.0831. The highest BCUT2D eigenvalue weighted by molar-refractivity contribution is 7.61. The minimum Gasteiger partial charge on any atom is -0.388 e. The van der Waals surface area contributed by atoms with Crippen molar-refractivity contribution in [3.8, 4) is 0 Å². The largest absolute Gasteiger partial charge is 0.481 e. The fourth-order valence-electron chi connectivity index (χ4n) is 5.77. The molecule has 53 heavy (non-hydrogen) atoms. The molecule has 1 fully saturated rings. The van der Waals surface area contributed by atoms with Crippen LogP contribution in [0.4, 0.5) is 22.0 Å². The van der Waals surface area contributed by atoms with Crippen molar-refractivity contribution in [1.82, 2.24) is 24.8 Å². The molecule has 3 aliphatic rings. The number of aliphatic hydroxyl groups excluding tert-OH is 5. The average molecular weight is 788 g/mol. The van der Waals surface area contributed by atoms with Crippen LogP contribution in [0.25, 0.3) is 11.2 Å². The number of nitrogens with one attached hydrogen (secondary N) is 2. The van der Waals surface area contributed by atoms with E-state index in [1.54, 1.807) is 19.1 Å². The van der Waals surface area contributed by atoms with Gasteiger partial charge in [0, 0.05) is 0 Å². The summed E-state index contributed by atoms with van der Waals surface area (Å²) in [5.74, 6) is -0.794. The number of anilines is 3. The van der Waals surface area contributed by atoms with Crippen LogP contribution in [0.15, 0.2) is 29.8 Å². The first-order valence-electron chi connectivity index (χ1n) is 15.6. The number of nitrogens with zero attached hydrogens (tertiary/aromatic N) is 6. The summed E-state index contributed by atoms with van der Waals surface area (Å²) in [6.07, 6.45) is -9.85. The minimum absolute atomic E-state index is 0.0311. The SMILES string of the molecule is Cc1cc2c(cc1C)N(C[C@H](O)[C@H](O)[C@H](O)COP(=O)(O)OP(=O)(O)OC[C@H]1O[C@@H](n3cnc4c(N)ncnc43)[C@H](O)[C@@H]1O)C1=NC(=O)NC(=O)[C@H]1N2. The Balaban J connectivity index is 1.04. The molecule has 0 bridgehead atoms. The summed E-state index contributed by atoms with van der Waals surface area (Å²) < 4.78 is 45.4. The monoisotopic (exact) mass is 787 g/mol. The van der Waals surface area contributed by atoms with Crippen LogP contribution < -0.4 is 21.3 Å². The Labute approximate surface area is 298 Å². The van der Waals surface area contributed by atoms with Crippen LogP contribution >= 0.6 is 15.6 Å². The first-order chi connectivity index (χ1) is 24.9. The van der Waals surface area contributed by atoms with Gasteiger partial charge in [-0.25, -0.2) is 28.9 Å². The van der Waals surface area contributed by atoms with Crippen molar-refractivity contribution in [2.45, 2.75) is 62.7 Å². The summed E-state index contributed by atoms with van der Waals surface area (Å²) in [7, 11) is -11.0. The molecule has 0 saturated carbocycles. The molecular weight excluding hydrogens is 752 g/mol. The third-order valence-corrected chi connectivity index (χ3v) is 11.2. The minimum atomic E-state index is -5.53. The number of fused-ring (bicyclic) bond motifs is 3. The molecule has 3 aliphatic heterocycles. The molecular formula is C27H35N9O15P2. The highest BCUT2D eigenvalue weighted by atomic mass is 31.3. The van der Waals surface area contributed by atoms with E-state index >= 15 is 0 Å². The number of phosphoric acid groups is 2. The number of aliphatic imine (C=N–C) groups is 1. The number of β-amino-alcohol motifs (C(OH)–C–C–N with tert-alkyl or cyclic N) is 1. The Morgan fingerprint density at radius 2 is 1.70 bits per heavy atom. The maximum atomic E-state index is 12.6. The van der Waals surface area contributed by atoms with Gasteiger partial charge in [-0.15, -0.1) is 0 Å². The molecule has 3 amide bonds. The molecule has 6 rings (SSSR count). The van der Waals surface area contributed by atoms with Gasteiger partial charge in [-0.3, -0.25) is 23.7 Å². The first kappa shape index (κ1) is 38.7. The zero-order valence-corrected chi connectivity index (χ0v) is 29.4. The summed E-state index contributed by atoms with van der Waals surface area (Å²) in [6.45, 7) is 0.901. The second-order valence-corrected chi connectivity index (χ2v) is 15.3. The molecule has 2 aromatic heterocycles. The molecule has 3 aromatic rings. The topological polar surface area (TPSA) is 356 Å². The van der Waals surface area contributed by atoms with Gasteiger partial charge in [0.2, 0.25) is 0 Å². The van der Waals surface area contributed by atoms with Crippen LogP contribution in [-0.4, -0.2) is 135 Å². The highest BCUT2D eigenvalue weighted by Crippen LogP contribution is 2.60. The fraction of sp³-hybridized carbons (Fsp3) is 0.481. The highest BCUT2D eigenvalue weighted by Gasteiger charge is 2.47. The van der Waals surface area contributed by atoms with E-state index in [2.05, 4.69) is 39.4 Å². The predicted octanol–water partition coefficient (Wildman–Crippen LogP) is -2.07. The van der Waals surface area contributed by atoms with Crippen molar-refractivity contribution >= 4 is 61.8 Å². The number of carbonyl (C=O) groups excluding carboxylic acids is 2. The van der Waals surface area contributed by atoms with Crippen molar-refractivity contribution in [2.24, 2.45) is 4.99 Å². The lowest BCUT2D eigenvalue weighted by molar-refractivity contribution is -0.119. The number of amides is 3. The molecule has 11 N–H and O–H groups in total. The van der Waals surface area contributed by atoms with Crippen LogP contribution in [0.1, 0.15) is 17.4 Å². The molecule has 2 unspecified atom stereocenters. The van der Waals surface area contributed by atoms with E-state index in [-0.39, 0.29) is 22.8 Å². The molecule has 24 nitrogen and oxygen atoms in total. The van der Waals surface area contributed by atoms with Crippen molar-refractivity contribution in [3.63, 3.8) is 0 Å². The molecule has 5 heterocycles. The summed E-state index contributed by atoms with van der Waals surface area (Å²) >= 11 is 0. The number of ether oxygens (including phenoxy) is 1. The van der Waals surface area contributed by atoms with E-state index in [1.165, 1.54) is 15.8 Å². The van der Waals surface area contributed by atoms with Gasteiger partial charge in [0.05, 0.1) is 37.5 Å². The van der Waals surface area contributed by atoms with E-state index in [0.717, 1.165) is 17.5 Å². The van der Waals surface area contributed by atoms with Crippen LogP contribution in [-0.2, 0) is 32.0 Å². The molecule has 1 aromatic carbocycles. The van der Waals surface area contributed by atoms with Crippen molar-refractivity contribution in [3.05, 3.63) is 35.9 Å². The third-order valence-electron chi connectivity index (χ3n) is 8.62. The number of hydrogen-bond donors (Lipinski definition) is 10. The molecule has 0 radical (unpaired) electrons. The Hall–Kier alpha value is -4.00. The molecule has 1 saturated heterocycles. The van der Waals surface area contributed by atoms with Gasteiger partial charge in [-0.2, -0.15) is 9.30 Å². The number of aryl methyl sites for hydroxylation is 2. The number of phosphoric ester groups is 2. The Morgan fingerprint density at radius 3 is 2.43 bits per heavy atom. The lowest BCUT2D eigenvalue weighted by Gasteiger charge is -2.40. The zero-order valence-electron chi connectivity index (χ0n) is 27.6. The predicted molar refractivity (Wildman–Crippen MR) is 178 cm³/mol. The van der Waals surface area contributed by atoms with Gasteiger partial charge in [-0.1, -0.05) is 0 Å². The molecule has 0 spiro atoms. The van der Waals surface area contributed by atoms with Crippen LogP contribution in [0, 0.1) is 13.8 Å². The fourth-order valence-corrected chi connectivity index (χ4v) is 7.86. The number of nitrogens with two attached hydrogens (primary N) is 1. The van der Waals surface area contributed by atoms with Gasteiger partial charge in [-0.05, 0) is 37.1 Å². The smallest absolute Gasteiger partial charge is 0.388 e. The standard InChI is InChI=1S/C27H35N9O15P2/c1-10-3-12-13(4-11(10)2)35(24-18(32-12)25(42)34-27(43)33-24)5-14(37)19(39)15(38)6-48-52(44,45)51-53(46,47)49-7-16-20(40)21(41)26(50-16)36-9-31-17-22(28)29-8-30-23(17)36/h3-4,8-9,14-16,18-21,26,32,37-41H,5-7H2,1-2H3,(H,44,45)(H,46,47)(H2,28,29,30)(H,34,42,43)/t14-,15+,16+,18-,19-,20+,21+,26+/m0/s1. The number of aromatic nitrogens is 4. The van der Waals surface area contributed by atoms with Crippen LogP contribution in [0.5, 0.6) is 0 Å². The normalized spacial score (nSPS) is 26.8. The maximum Gasteiger partial charge on any atom is 0.481 e. The summed E-state index contributed by atoms with van der Waals surface area (Å²) in [5.41, 5.74) is 8.55. The number of hydrogen-bond acceptors (Lipinski definition) is 19. The number of imidazole rings is 1. The lowest BCUT2D eigenvalue weighted by atomic mass is 10.00. The van der Waals surface area contributed by atoms with Crippen molar-refractivity contribution in [2.75, 3.05) is 35.7 Å². The average Bonchev–Trinajstić information content (AvgIpc) is 3.63. The molecule has 0 aliphatic carbocycles. The van der Waals surface area contributed by atoms with Gasteiger partial charge >= 0.3 is 21.7 Å². The van der Waals surface area contributed by atoms with E-state index in [1.807, 2.05) is 6.92 Å². The van der Waals surface area contributed by atoms with Crippen LogP contribution in [0.2, 0.25) is 0 Å². The van der Waals surface area contributed by atoms with Gasteiger partial charge < -0.3 is 56.0 Å². The Morgan fingerprint density at radius 1 is 1.00 bits per heavy atom. The Bertz CT molecular complexity index is 2050. The number of urea groups is 1. The lowest BCUT2D eigenvalue weighted by Crippen LogP contribution is -2.60. The van der Waals surface area contributed by atoms with E-state index in [4.69, 9.17) is 15.0 Å². The second-order valence-electron chi connectivity index (χ2n) is 12.3. The van der Waals surface area contributed by atoms with E-state index in [0.29, 0.717) is 11.4 Å². The van der Waals surface area contributed by atoms with Crippen molar-refractivity contribution in [1.29, 1.82) is 0 Å². The Kier molecular flexibility index (Phi) is 10.7. The van der Waals surface area contributed by atoms with Gasteiger partial charge in [0.1, 0.15) is 54.3 Å². The number of benzene rings is 1.